The zero-order valence-corrected chi connectivity index (χ0v) is 13.8. The van der Waals surface area contributed by atoms with Crippen LogP contribution in [-0.2, 0) is 10.2 Å². The summed E-state index contributed by atoms with van der Waals surface area (Å²) in [6.07, 6.45) is 0. The number of aromatic nitrogens is 2. The summed E-state index contributed by atoms with van der Waals surface area (Å²) in [6, 6.07) is 0.0798. The predicted molar refractivity (Wildman–Crippen MR) is 78.0 cm³/mol. The van der Waals surface area contributed by atoms with Gasteiger partial charge in [-0.1, -0.05) is 41.2 Å². The summed E-state index contributed by atoms with van der Waals surface area (Å²) in [5, 5.41) is 4.85. The Hall–Kier alpha value is -0.530. The number of carbonyl (C=O) groups excluding carboxylic acids is 1. The lowest BCUT2D eigenvalue weighted by Gasteiger charge is -2.34. The number of hydrogen-bond donors (Lipinski definition) is 0. The number of morpholine rings is 1. The average molecular weight is 348 g/mol. The lowest BCUT2D eigenvalue weighted by molar-refractivity contribution is 0.00539. The molecule has 1 amide bonds. The molecule has 1 saturated heterocycles. The van der Waals surface area contributed by atoms with Gasteiger partial charge < -0.3 is 9.64 Å². The van der Waals surface area contributed by atoms with Crippen molar-refractivity contribution in [3.8, 4) is 0 Å². The molecule has 19 heavy (non-hydrogen) atoms. The van der Waals surface area contributed by atoms with E-state index in [9.17, 15) is 4.79 Å². The molecule has 0 bridgehead atoms. The molecule has 2 rings (SSSR count). The van der Waals surface area contributed by atoms with Gasteiger partial charge in [-0.3, -0.25) is 4.79 Å². The second-order valence-corrected chi connectivity index (χ2v) is 6.98. The van der Waals surface area contributed by atoms with Gasteiger partial charge in [0.15, 0.2) is 0 Å². The van der Waals surface area contributed by atoms with Gasteiger partial charge in [0.2, 0.25) is 0 Å². The van der Waals surface area contributed by atoms with Gasteiger partial charge in [-0.25, -0.2) is 0 Å². The van der Waals surface area contributed by atoms with Crippen molar-refractivity contribution in [1.82, 2.24) is 14.5 Å². The Balaban J connectivity index is 2.26. The highest BCUT2D eigenvalue weighted by atomic mass is 79.9. The minimum atomic E-state index is -0.172. The molecular weight excluding hydrogens is 330 g/mol. The Morgan fingerprint density at radius 2 is 2.32 bits per heavy atom. The summed E-state index contributed by atoms with van der Waals surface area (Å²) < 4.78 is 9.37. The fraction of sp³-hybridized carbons (Fsp3) is 0.750. The van der Waals surface area contributed by atoms with Crippen LogP contribution in [-0.4, -0.2) is 51.5 Å². The summed E-state index contributed by atoms with van der Waals surface area (Å²) in [4.78, 5) is 15.2. The van der Waals surface area contributed by atoms with Crippen LogP contribution < -0.4 is 0 Å². The Morgan fingerprint density at radius 1 is 1.58 bits per heavy atom. The SMILES string of the molecule is CC(C)(C)c1nnsc1C(=O)N1CCOCC1CBr. The second kappa shape index (κ2) is 5.85. The maximum absolute atomic E-state index is 12.7. The number of carbonyl (C=O) groups is 1. The molecule has 1 unspecified atom stereocenters. The van der Waals surface area contributed by atoms with E-state index in [0.29, 0.717) is 24.6 Å². The molecule has 0 radical (unpaired) electrons. The molecule has 0 spiro atoms. The highest BCUT2D eigenvalue weighted by molar-refractivity contribution is 9.09. The number of alkyl halides is 1. The molecule has 1 aromatic heterocycles. The van der Waals surface area contributed by atoms with E-state index >= 15 is 0 Å². The molecule has 7 heteroatoms. The summed E-state index contributed by atoms with van der Waals surface area (Å²) in [7, 11) is 0. The van der Waals surface area contributed by atoms with Crippen LogP contribution in [0.3, 0.4) is 0 Å². The van der Waals surface area contributed by atoms with E-state index in [0.717, 1.165) is 11.0 Å². The molecule has 5 nitrogen and oxygen atoms in total. The van der Waals surface area contributed by atoms with Crippen LogP contribution >= 0.6 is 27.5 Å². The first kappa shape index (κ1) is 14.9. The van der Waals surface area contributed by atoms with Gasteiger partial charge in [0.25, 0.3) is 5.91 Å². The fourth-order valence-electron chi connectivity index (χ4n) is 2.00. The first-order chi connectivity index (χ1) is 8.95. The first-order valence-corrected chi connectivity index (χ1v) is 8.12. The first-order valence-electron chi connectivity index (χ1n) is 6.22. The van der Waals surface area contributed by atoms with Crippen LogP contribution in [0, 0.1) is 0 Å². The lowest BCUT2D eigenvalue weighted by atomic mass is 9.91. The molecule has 1 atom stereocenters. The highest BCUT2D eigenvalue weighted by Crippen LogP contribution is 2.27. The van der Waals surface area contributed by atoms with Gasteiger partial charge in [-0.2, -0.15) is 0 Å². The Kier molecular flexibility index (Phi) is 4.58. The van der Waals surface area contributed by atoms with E-state index in [1.807, 2.05) is 25.7 Å². The molecule has 0 saturated carbocycles. The molecule has 0 aromatic carbocycles. The summed E-state index contributed by atoms with van der Waals surface area (Å²) in [5.41, 5.74) is 0.607. The molecule has 106 valence electrons. The van der Waals surface area contributed by atoms with E-state index in [1.54, 1.807) is 0 Å². The van der Waals surface area contributed by atoms with Gasteiger partial charge in [0, 0.05) is 17.3 Å². The van der Waals surface area contributed by atoms with Crippen molar-refractivity contribution >= 4 is 33.4 Å². The van der Waals surface area contributed by atoms with E-state index in [-0.39, 0.29) is 17.4 Å². The van der Waals surface area contributed by atoms with E-state index in [2.05, 4.69) is 25.5 Å². The maximum atomic E-state index is 12.7. The molecule has 1 fully saturated rings. The van der Waals surface area contributed by atoms with Crippen LogP contribution in [0.2, 0.25) is 0 Å². The van der Waals surface area contributed by atoms with E-state index in [1.165, 1.54) is 11.5 Å². The fourth-order valence-corrected chi connectivity index (χ4v) is 3.37. The molecule has 0 aliphatic carbocycles. The monoisotopic (exact) mass is 347 g/mol. The Morgan fingerprint density at radius 3 is 2.95 bits per heavy atom. The number of nitrogens with zero attached hydrogens (tertiary/aromatic N) is 3. The molecular formula is C12H18BrN3O2S. The maximum Gasteiger partial charge on any atom is 0.267 e. The smallest absolute Gasteiger partial charge is 0.267 e. The lowest BCUT2D eigenvalue weighted by Crippen LogP contribution is -2.49. The van der Waals surface area contributed by atoms with Crippen molar-refractivity contribution in [1.29, 1.82) is 0 Å². The van der Waals surface area contributed by atoms with Gasteiger partial charge in [-0.15, -0.1) is 5.10 Å². The van der Waals surface area contributed by atoms with Crippen LogP contribution in [0.4, 0.5) is 0 Å². The summed E-state index contributed by atoms with van der Waals surface area (Å²) in [5.74, 6) is 0.0210. The minimum absolute atomic E-state index is 0.0210. The third-order valence-corrected chi connectivity index (χ3v) is 4.52. The highest BCUT2D eigenvalue weighted by Gasteiger charge is 2.33. The van der Waals surface area contributed by atoms with Crippen LogP contribution in [0.15, 0.2) is 0 Å². The molecule has 2 heterocycles. The predicted octanol–water partition coefficient (Wildman–Crippen LogP) is 2.07. The van der Waals surface area contributed by atoms with Crippen molar-refractivity contribution in [2.75, 3.05) is 25.1 Å². The second-order valence-electron chi connectivity index (χ2n) is 5.58. The summed E-state index contributed by atoms with van der Waals surface area (Å²) in [6.45, 7) is 7.92. The molecule has 1 aliphatic heterocycles. The minimum Gasteiger partial charge on any atom is -0.377 e. The topological polar surface area (TPSA) is 55.3 Å². The van der Waals surface area contributed by atoms with Gasteiger partial charge in [0.05, 0.1) is 24.9 Å². The standard InChI is InChI=1S/C12H18BrN3O2S/c1-12(2,3)10-9(19-15-14-10)11(17)16-4-5-18-7-8(16)6-13/h8H,4-7H2,1-3H3. The quantitative estimate of drug-likeness (QED) is 0.768. The normalized spacial score (nSPS) is 20.6. The van der Waals surface area contributed by atoms with Crippen molar-refractivity contribution in [3.05, 3.63) is 10.6 Å². The van der Waals surface area contributed by atoms with Crippen molar-refractivity contribution in [2.45, 2.75) is 32.2 Å². The zero-order chi connectivity index (χ0) is 14.0. The van der Waals surface area contributed by atoms with E-state index in [4.69, 9.17) is 4.74 Å². The van der Waals surface area contributed by atoms with Crippen molar-refractivity contribution < 1.29 is 9.53 Å². The van der Waals surface area contributed by atoms with E-state index < -0.39 is 0 Å². The van der Waals surface area contributed by atoms with Crippen LogP contribution in [0.25, 0.3) is 0 Å². The third-order valence-electron chi connectivity index (χ3n) is 3.06. The van der Waals surface area contributed by atoms with Crippen molar-refractivity contribution in [2.24, 2.45) is 0 Å². The number of hydrogen-bond acceptors (Lipinski definition) is 5. The number of amides is 1. The molecule has 0 N–H and O–H groups in total. The number of rotatable bonds is 2. The Labute approximate surface area is 125 Å². The number of ether oxygens (including phenoxy) is 1. The van der Waals surface area contributed by atoms with Gasteiger partial charge in [-0.05, 0) is 11.5 Å². The molecule has 1 aliphatic rings. The zero-order valence-electron chi connectivity index (χ0n) is 11.4. The van der Waals surface area contributed by atoms with Gasteiger partial charge in [0.1, 0.15) is 4.88 Å². The summed E-state index contributed by atoms with van der Waals surface area (Å²) >= 11 is 4.62. The average Bonchev–Trinajstić information content (AvgIpc) is 2.87. The van der Waals surface area contributed by atoms with Crippen LogP contribution in [0.5, 0.6) is 0 Å². The third kappa shape index (κ3) is 3.14. The largest absolute Gasteiger partial charge is 0.377 e. The number of halogens is 1. The van der Waals surface area contributed by atoms with Crippen molar-refractivity contribution in [3.63, 3.8) is 0 Å². The van der Waals surface area contributed by atoms with Crippen LogP contribution in [0.1, 0.15) is 36.1 Å². The van der Waals surface area contributed by atoms with Gasteiger partial charge >= 0.3 is 0 Å². The molecule has 1 aromatic rings. The Bertz CT molecular complexity index is 458.